The lowest BCUT2D eigenvalue weighted by Gasteiger charge is -2.27. The highest BCUT2D eigenvalue weighted by Crippen LogP contribution is 2.33. The highest BCUT2D eigenvalue weighted by molar-refractivity contribution is 5.92. The van der Waals surface area contributed by atoms with E-state index < -0.39 is 0 Å². The van der Waals surface area contributed by atoms with Gasteiger partial charge in [0.2, 0.25) is 5.95 Å². The molecule has 2 aromatic rings. The molecular formula is C19H22N4O2. The number of ether oxygens (including phenoxy) is 1. The van der Waals surface area contributed by atoms with Gasteiger partial charge in [-0.3, -0.25) is 0 Å². The molecule has 1 aromatic carbocycles. The van der Waals surface area contributed by atoms with Crippen LogP contribution in [0.4, 0.5) is 5.95 Å². The monoisotopic (exact) mass is 338 g/mol. The third-order valence-electron chi connectivity index (χ3n) is 3.99. The van der Waals surface area contributed by atoms with Gasteiger partial charge >= 0.3 is 5.97 Å². The van der Waals surface area contributed by atoms with Gasteiger partial charge in [-0.05, 0) is 18.9 Å². The first-order valence-electron chi connectivity index (χ1n) is 8.54. The van der Waals surface area contributed by atoms with Crippen LogP contribution in [0.25, 0.3) is 6.08 Å². The van der Waals surface area contributed by atoms with E-state index in [0.717, 1.165) is 24.1 Å². The summed E-state index contributed by atoms with van der Waals surface area (Å²) in [4.78, 5) is 16.9. The van der Waals surface area contributed by atoms with Gasteiger partial charge in [0.25, 0.3) is 0 Å². The molecule has 3 rings (SSSR count). The van der Waals surface area contributed by atoms with Crippen molar-refractivity contribution in [2.45, 2.75) is 32.7 Å². The second kappa shape index (κ2) is 7.79. The number of carbonyl (C=O) groups is 1. The zero-order valence-corrected chi connectivity index (χ0v) is 14.5. The molecule has 1 atom stereocenters. The summed E-state index contributed by atoms with van der Waals surface area (Å²) in [6.07, 6.45) is 7.11. The Hall–Kier alpha value is -2.89. The van der Waals surface area contributed by atoms with Crippen LogP contribution in [-0.2, 0) is 9.53 Å². The molecule has 130 valence electrons. The van der Waals surface area contributed by atoms with Gasteiger partial charge in [-0.2, -0.15) is 10.1 Å². The van der Waals surface area contributed by atoms with E-state index in [2.05, 4.69) is 22.3 Å². The molecule has 6 heteroatoms. The summed E-state index contributed by atoms with van der Waals surface area (Å²) in [6, 6.07) is 9.61. The highest BCUT2D eigenvalue weighted by atomic mass is 16.5. The van der Waals surface area contributed by atoms with Gasteiger partial charge in [0.1, 0.15) is 12.4 Å². The van der Waals surface area contributed by atoms with Crippen LogP contribution in [0.1, 0.15) is 38.3 Å². The van der Waals surface area contributed by atoms with Gasteiger partial charge in [0, 0.05) is 5.70 Å². The molecule has 1 unspecified atom stereocenters. The molecule has 1 aromatic heterocycles. The second-order valence-electron chi connectivity index (χ2n) is 5.73. The Balaban J connectivity index is 2.03. The smallest absolute Gasteiger partial charge is 0.338 e. The van der Waals surface area contributed by atoms with Crippen molar-refractivity contribution in [2.24, 2.45) is 0 Å². The van der Waals surface area contributed by atoms with E-state index in [1.165, 1.54) is 6.33 Å². The number of hydrogen-bond acceptors (Lipinski definition) is 5. The quantitative estimate of drug-likeness (QED) is 0.815. The van der Waals surface area contributed by atoms with Crippen LogP contribution in [0.15, 0.2) is 54.0 Å². The third-order valence-corrected chi connectivity index (χ3v) is 3.99. The number of nitrogens with one attached hydrogen (secondary N) is 1. The molecule has 0 amide bonds. The Kier molecular flexibility index (Phi) is 5.28. The summed E-state index contributed by atoms with van der Waals surface area (Å²) < 4.78 is 7.01. The minimum Gasteiger partial charge on any atom is -0.463 e. The summed E-state index contributed by atoms with van der Waals surface area (Å²) in [6.45, 7) is 4.22. The van der Waals surface area contributed by atoms with Crippen LogP contribution < -0.4 is 5.32 Å². The van der Waals surface area contributed by atoms with Gasteiger partial charge in [-0.25, -0.2) is 9.48 Å². The molecule has 0 fully saturated rings. The van der Waals surface area contributed by atoms with E-state index in [-0.39, 0.29) is 12.0 Å². The van der Waals surface area contributed by atoms with Gasteiger partial charge in [-0.1, -0.05) is 55.8 Å². The fourth-order valence-corrected chi connectivity index (χ4v) is 2.89. The van der Waals surface area contributed by atoms with Gasteiger partial charge in [0.05, 0.1) is 12.2 Å². The van der Waals surface area contributed by atoms with Crippen molar-refractivity contribution in [3.8, 4) is 0 Å². The van der Waals surface area contributed by atoms with Crippen LogP contribution in [0.2, 0.25) is 0 Å². The Morgan fingerprint density at radius 2 is 2.12 bits per heavy atom. The number of benzene rings is 1. The van der Waals surface area contributed by atoms with Crippen molar-refractivity contribution in [1.29, 1.82) is 0 Å². The fourth-order valence-electron chi connectivity index (χ4n) is 2.89. The number of nitrogens with zero attached hydrogens (tertiary/aromatic N) is 3. The Morgan fingerprint density at radius 1 is 1.32 bits per heavy atom. The van der Waals surface area contributed by atoms with Crippen molar-refractivity contribution >= 4 is 18.0 Å². The highest BCUT2D eigenvalue weighted by Gasteiger charge is 2.32. The number of fused-ring (bicyclic) bond motifs is 1. The normalized spacial score (nSPS) is 16.6. The van der Waals surface area contributed by atoms with Crippen LogP contribution in [0, 0.1) is 0 Å². The molecule has 0 saturated heterocycles. The summed E-state index contributed by atoms with van der Waals surface area (Å²) >= 11 is 0. The predicted octanol–water partition coefficient (Wildman–Crippen LogP) is 3.58. The summed E-state index contributed by atoms with van der Waals surface area (Å²) in [5.41, 5.74) is 2.50. The van der Waals surface area contributed by atoms with Gasteiger partial charge in [-0.15, -0.1) is 0 Å². The van der Waals surface area contributed by atoms with E-state index in [1.807, 2.05) is 49.4 Å². The summed E-state index contributed by atoms with van der Waals surface area (Å²) in [5, 5.41) is 7.52. The molecule has 25 heavy (non-hydrogen) atoms. The number of carbonyl (C=O) groups excluding carboxylic acids is 1. The second-order valence-corrected chi connectivity index (χ2v) is 5.73. The fraction of sp³-hybridized carbons (Fsp3) is 0.316. The number of esters is 1. The van der Waals surface area contributed by atoms with E-state index in [0.29, 0.717) is 18.1 Å². The summed E-state index contributed by atoms with van der Waals surface area (Å²) in [5.74, 6) is 0.321. The maximum atomic E-state index is 12.6. The lowest BCUT2D eigenvalue weighted by atomic mass is 9.99. The molecular weight excluding hydrogens is 316 g/mol. The average molecular weight is 338 g/mol. The first-order valence-corrected chi connectivity index (χ1v) is 8.54. The van der Waals surface area contributed by atoms with Crippen LogP contribution in [0.5, 0.6) is 0 Å². The van der Waals surface area contributed by atoms with Crippen molar-refractivity contribution in [3.63, 3.8) is 0 Å². The van der Waals surface area contributed by atoms with Gasteiger partial charge < -0.3 is 10.1 Å². The minimum absolute atomic E-state index is 0.317. The molecule has 2 heterocycles. The zero-order chi connectivity index (χ0) is 17.6. The number of hydrogen-bond donors (Lipinski definition) is 1. The lowest BCUT2D eigenvalue weighted by Crippen LogP contribution is -2.28. The first kappa shape index (κ1) is 17.0. The molecule has 6 nitrogen and oxygen atoms in total. The Labute approximate surface area is 147 Å². The number of allylic oxidation sites excluding steroid dienone is 2. The number of aromatic nitrogens is 3. The molecule has 0 bridgehead atoms. The standard InChI is InChI=1S/C19H22N4O2/c1-3-8-15-17(18(24)25-4-2)16(23-19(22-15)20-13-21-23)12-11-14-9-6-5-7-10-14/h5-7,9-13,16H,3-4,8H2,1-2H3,(H,20,21,22). The van der Waals surface area contributed by atoms with E-state index in [1.54, 1.807) is 4.68 Å². The van der Waals surface area contributed by atoms with Crippen LogP contribution >= 0.6 is 0 Å². The van der Waals surface area contributed by atoms with Crippen molar-refractivity contribution in [1.82, 2.24) is 14.8 Å². The Morgan fingerprint density at radius 3 is 2.84 bits per heavy atom. The maximum Gasteiger partial charge on any atom is 0.338 e. The molecule has 1 aliphatic rings. The number of anilines is 1. The largest absolute Gasteiger partial charge is 0.463 e. The van der Waals surface area contributed by atoms with Crippen molar-refractivity contribution in [3.05, 3.63) is 59.6 Å². The first-order chi connectivity index (χ1) is 12.2. The number of rotatable bonds is 6. The van der Waals surface area contributed by atoms with Crippen molar-refractivity contribution < 1.29 is 9.53 Å². The van der Waals surface area contributed by atoms with Crippen LogP contribution in [0.3, 0.4) is 0 Å². The SMILES string of the molecule is CCCC1=C(C(=O)OCC)C(C=Cc2ccccc2)n2ncnc2N1. The summed E-state index contributed by atoms with van der Waals surface area (Å²) in [7, 11) is 0. The third kappa shape index (κ3) is 3.63. The van der Waals surface area contributed by atoms with E-state index in [9.17, 15) is 4.79 Å². The molecule has 0 radical (unpaired) electrons. The Bertz CT molecular complexity index is 793. The van der Waals surface area contributed by atoms with E-state index >= 15 is 0 Å². The zero-order valence-electron chi connectivity index (χ0n) is 14.5. The molecule has 0 spiro atoms. The maximum absolute atomic E-state index is 12.6. The molecule has 0 aliphatic carbocycles. The lowest BCUT2D eigenvalue weighted by molar-refractivity contribution is -0.139. The topological polar surface area (TPSA) is 69.0 Å². The minimum atomic E-state index is -0.348. The van der Waals surface area contributed by atoms with Gasteiger partial charge in [0.15, 0.2) is 0 Å². The van der Waals surface area contributed by atoms with E-state index in [4.69, 9.17) is 4.74 Å². The van der Waals surface area contributed by atoms with Crippen LogP contribution in [-0.4, -0.2) is 27.3 Å². The molecule has 0 saturated carbocycles. The average Bonchev–Trinajstić information content (AvgIpc) is 3.09. The predicted molar refractivity (Wildman–Crippen MR) is 96.7 cm³/mol. The molecule has 1 aliphatic heterocycles. The molecule has 1 N–H and O–H groups in total. The van der Waals surface area contributed by atoms with Crippen molar-refractivity contribution in [2.75, 3.05) is 11.9 Å².